The molecule has 0 unspecified atom stereocenters. The van der Waals surface area contributed by atoms with E-state index < -0.39 is 5.60 Å². The van der Waals surface area contributed by atoms with Crippen LogP contribution in [0, 0.1) is 0 Å². The highest BCUT2D eigenvalue weighted by Gasteiger charge is 2.33. The molecule has 0 amide bonds. The number of aliphatic hydroxyl groups is 1. The summed E-state index contributed by atoms with van der Waals surface area (Å²) in [5.74, 6) is 0. The first-order valence-corrected chi connectivity index (χ1v) is 5.20. The van der Waals surface area contributed by atoms with Crippen LogP contribution in [0.2, 0.25) is 0 Å². The summed E-state index contributed by atoms with van der Waals surface area (Å²) in [6.45, 7) is 8.92. The minimum absolute atomic E-state index is 0.577. The normalized spacial score (nSPS) is 34.5. The predicted molar refractivity (Wildman–Crippen MR) is 55.7 cm³/mol. The van der Waals surface area contributed by atoms with Gasteiger partial charge < -0.3 is 10.4 Å². The zero-order valence-corrected chi connectivity index (χ0v) is 8.77. The molecule has 0 bridgehead atoms. The fourth-order valence-electron chi connectivity index (χ4n) is 2.01. The number of nitrogens with one attached hydrogen (secondary N) is 1. The van der Waals surface area contributed by atoms with E-state index in [1.807, 2.05) is 6.92 Å². The van der Waals surface area contributed by atoms with Crippen molar-refractivity contribution >= 4 is 0 Å². The zero-order valence-electron chi connectivity index (χ0n) is 8.77. The molecule has 1 aliphatic rings. The summed E-state index contributed by atoms with van der Waals surface area (Å²) in [6, 6.07) is 0.602. The Morgan fingerprint density at radius 3 is 2.46 bits per heavy atom. The fraction of sp³-hybridized carbons (Fsp3) is 0.818. The van der Waals surface area contributed by atoms with Gasteiger partial charge in [-0.3, -0.25) is 0 Å². The molecule has 0 spiro atoms. The molecule has 2 heteroatoms. The van der Waals surface area contributed by atoms with E-state index in [4.69, 9.17) is 0 Å². The summed E-state index contributed by atoms with van der Waals surface area (Å²) in [4.78, 5) is 0. The third kappa shape index (κ3) is 2.55. The smallest absolute Gasteiger partial charge is 0.0852 e. The third-order valence-electron chi connectivity index (χ3n) is 3.10. The van der Waals surface area contributed by atoms with Crippen LogP contribution in [0.4, 0.5) is 0 Å². The summed E-state index contributed by atoms with van der Waals surface area (Å²) in [7, 11) is 0. The molecule has 0 heterocycles. The molecular weight excluding hydrogens is 162 g/mol. The lowest BCUT2D eigenvalue weighted by molar-refractivity contribution is 0.0313. The second kappa shape index (κ2) is 4.25. The van der Waals surface area contributed by atoms with Crippen molar-refractivity contribution in [3.8, 4) is 0 Å². The molecule has 1 rings (SSSR count). The minimum atomic E-state index is -0.577. The average molecular weight is 183 g/mol. The molecule has 1 aliphatic carbocycles. The first-order chi connectivity index (χ1) is 6.08. The lowest BCUT2D eigenvalue weighted by atomic mass is 9.78. The topological polar surface area (TPSA) is 32.3 Å². The summed E-state index contributed by atoms with van der Waals surface area (Å²) in [6.07, 6.45) is 3.86. The molecule has 1 saturated carbocycles. The monoisotopic (exact) mass is 183 g/mol. The van der Waals surface area contributed by atoms with Crippen molar-refractivity contribution < 1.29 is 5.11 Å². The van der Waals surface area contributed by atoms with Crippen LogP contribution in [0.25, 0.3) is 0 Å². The van der Waals surface area contributed by atoms with Crippen molar-refractivity contribution in [2.45, 2.75) is 51.2 Å². The van der Waals surface area contributed by atoms with Gasteiger partial charge in [-0.05, 0) is 44.7 Å². The standard InChI is InChI=1S/C11H21NO/c1-4-12-10-5-7-11(13,8-6-10)9(2)3/h10,12-13H,2,4-8H2,1,3H3. The first-order valence-electron chi connectivity index (χ1n) is 5.20. The Hall–Kier alpha value is -0.340. The molecule has 0 aromatic heterocycles. The van der Waals surface area contributed by atoms with Gasteiger partial charge in [-0.2, -0.15) is 0 Å². The summed E-state index contributed by atoms with van der Waals surface area (Å²) in [5.41, 5.74) is 0.341. The van der Waals surface area contributed by atoms with E-state index in [1.54, 1.807) is 0 Å². The van der Waals surface area contributed by atoms with Gasteiger partial charge in [0.2, 0.25) is 0 Å². The van der Waals surface area contributed by atoms with Crippen molar-refractivity contribution in [3.05, 3.63) is 12.2 Å². The van der Waals surface area contributed by atoms with Gasteiger partial charge in [0.1, 0.15) is 0 Å². The maximum absolute atomic E-state index is 10.1. The maximum Gasteiger partial charge on any atom is 0.0852 e. The van der Waals surface area contributed by atoms with Crippen LogP contribution >= 0.6 is 0 Å². The first kappa shape index (κ1) is 10.7. The van der Waals surface area contributed by atoms with Gasteiger partial charge in [-0.15, -0.1) is 0 Å². The van der Waals surface area contributed by atoms with Crippen LogP contribution in [0.1, 0.15) is 39.5 Å². The van der Waals surface area contributed by atoms with Crippen molar-refractivity contribution in [1.29, 1.82) is 0 Å². The van der Waals surface area contributed by atoms with Crippen LogP contribution in [-0.2, 0) is 0 Å². The van der Waals surface area contributed by atoms with E-state index in [1.165, 1.54) is 0 Å². The molecule has 0 saturated heterocycles. The highest BCUT2D eigenvalue weighted by atomic mass is 16.3. The average Bonchev–Trinajstić information content (AvgIpc) is 2.09. The maximum atomic E-state index is 10.1. The Morgan fingerprint density at radius 2 is 2.08 bits per heavy atom. The van der Waals surface area contributed by atoms with Crippen LogP contribution in [0.5, 0.6) is 0 Å². The highest BCUT2D eigenvalue weighted by Crippen LogP contribution is 2.33. The quantitative estimate of drug-likeness (QED) is 0.654. The van der Waals surface area contributed by atoms with E-state index in [0.29, 0.717) is 6.04 Å². The van der Waals surface area contributed by atoms with E-state index >= 15 is 0 Å². The van der Waals surface area contributed by atoms with E-state index in [-0.39, 0.29) is 0 Å². The summed E-state index contributed by atoms with van der Waals surface area (Å²) >= 11 is 0. The number of hydrogen-bond acceptors (Lipinski definition) is 2. The Kier molecular flexibility index (Phi) is 3.51. The van der Waals surface area contributed by atoms with Gasteiger partial charge in [0.25, 0.3) is 0 Å². The van der Waals surface area contributed by atoms with Gasteiger partial charge in [0.05, 0.1) is 5.60 Å². The Balaban J connectivity index is 2.42. The van der Waals surface area contributed by atoms with Crippen molar-refractivity contribution in [3.63, 3.8) is 0 Å². The van der Waals surface area contributed by atoms with Gasteiger partial charge >= 0.3 is 0 Å². The van der Waals surface area contributed by atoms with Gasteiger partial charge in [0, 0.05) is 6.04 Å². The highest BCUT2D eigenvalue weighted by molar-refractivity contribution is 5.11. The molecule has 0 aliphatic heterocycles. The molecular formula is C11H21NO. The van der Waals surface area contributed by atoms with Crippen molar-refractivity contribution in [1.82, 2.24) is 5.32 Å². The molecule has 1 fully saturated rings. The Bertz CT molecular complexity index is 181. The minimum Gasteiger partial charge on any atom is -0.386 e. The van der Waals surface area contributed by atoms with Crippen LogP contribution < -0.4 is 5.32 Å². The van der Waals surface area contributed by atoms with Crippen LogP contribution in [0.3, 0.4) is 0 Å². The van der Waals surface area contributed by atoms with E-state index in [2.05, 4.69) is 18.8 Å². The van der Waals surface area contributed by atoms with Gasteiger partial charge in [-0.1, -0.05) is 13.5 Å². The number of hydrogen-bond donors (Lipinski definition) is 2. The Labute approximate surface area is 81.0 Å². The summed E-state index contributed by atoms with van der Waals surface area (Å²) in [5, 5.41) is 13.5. The molecule has 76 valence electrons. The van der Waals surface area contributed by atoms with Crippen LogP contribution in [0.15, 0.2) is 12.2 Å². The largest absolute Gasteiger partial charge is 0.386 e. The van der Waals surface area contributed by atoms with E-state index in [0.717, 1.165) is 37.8 Å². The number of rotatable bonds is 3. The lowest BCUT2D eigenvalue weighted by Crippen LogP contribution is -2.41. The molecule has 0 atom stereocenters. The molecule has 2 N–H and O–H groups in total. The fourth-order valence-corrected chi connectivity index (χ4v) is 2.01. The molecule has 0 aromatic carbocycles. The molecule has 2 nitrogen and oxygen atoms in total. The van der Waals surface area contributed by atoms with Crippen LogP contribution in [-0.4, -0.2) is 23.3 Å². The molecule has 0 radical (unpaired) electrons. The predicted octanol–water partition coefficient (Wildman–Crippen LogP) is 1.85. The summed E-state index contributed by atoms with van der Waals surface area (Å²) < 4.78 is 0. The van der Waals surface area contributed by atoms with E-state index in [9.17, 15) is 5.11 Å². The molecule has 13 heavy (non-hydrogen) atoms. The lowest BCUT2D eigenvalue weighted by Gasteiger charge is -2.36. The SMILES string of the molecule is C=C(C)C1(O)CCC(NCC)CC1. The van der Waals surface area contributed by atoms with Gasteiger partial charge in [0.15, 0.2) is 0 Å². The molecule has 0 aromatic rings. The third-order valence-corrected chi connectivity index (χ3v) is 3.10. The van der Waals surface area contributed by atoms with Gasteiger partial charge in [-0.25, -0.2) is 0 Å². The second-order valence-corrected chi connectivity index (χ2v) is 4.14. The second-order valence-electron chi connectivity index (χ2n) is 4.14. The van der Waals surface area contributed by atoms with Crippen molar-refractivity contribution in [2.24, 2.45) is 0 Å². The zero-order chi connectivity index (χ0) is 9.90. The Morgan fingerprint density at radius 1 is 1.54 bits per heavy atom. The van der Waals surface area contributed by atoms with Crippen molar-refractivity contribution in [2.75, 3.05) is 6.54 Å².